The molecule has 5 rings (SSSR count). The molecular formula is C26H35N3O5. The van der Waals surface area contributed by atoms with Crippen LogP contribution in [0.25, 0.3) is 0 Å². The summed E-state index contributed by atoms with van der Waals surface area (Å²) in [6, 6.07) is 7.84. The zero-order chi connectivity index (χ0) is 24.1. The number of rotatable bonds is 6. The van der Waals surface area contributed by atoms with Gasteiger partial charge in [-0.1, -0.05) is 37.5 Å². The van der Waals surface area contributed by atoms with E-state index in [0.29, 0.717) is 18.5 Å². The molecule has 1 aliphatic carbocycles. The van der Waals surface area contributed by atoms with E-state index in [-0.39, 0.29) is 30.4 Å². The van der Waals surface area contributed by atoms with Crippen LogP contribution in [0.3, 0.4) is 0 Å². The third-order valence-corrected chi connectivity index (χ3v) is 8.48. The number of carbonyl (C=O) groups is 3. The molecule has 8 nitrogen and oxygen atoms in total. The fraction of sp³-hybridized carbons (Fsp3) is 0.654. The first kappa shape index (κ1) is 23.3. The van der Waals surface area contributed by atoms with Crippen molar-refractivity contribution in [2.24, 2.45) is 11.8 Å². The van der Waals surface area contributed by atoms with Crippen molar-refractivity contribution in [1.29, 1.82) is 0 Å². The summed E-state index contributed by atoms with van der Waals surface area (Å²) in [6.07, 6.45) is 6.32. The van der Waals surface area contributed by atoms with Gasteiger partial charge in [-0.25, -0.2) is 0 Å². The van der Waals surface area contributed by atoms with Crippen LogP contribution >= 0.6 is 0 Å². The van der Waals surface area contributed by atoms with Gasteiger partial charge >= 0.3 is 0 Å². The lowest BCUT2D eigenvalue weighted by Crippen LogP contribution is -2.59. The van der Waals surface area contributed by atoms with Crippen LogP contribution in [0.2, 0.25) is 0 Å². The van der Waals surface area contributed by atoms with Crippen molar-refractivity contribution in [3.63, 3.8) is 0 Å². The van der Waals surface area contributed by atoms with Crippen LogP contribution in [0, 0.1) is 11.8 Å². The summed E-state index contributed by atoms with van der Waals surface area (Å²) < 4.78 is 6.60. The van der Waals surface area contributed by atoms with E-state index in [2.05, 4.69) is 10.6 Å². The first-order chi connectivity index (χ1) is 16.3. The number of likely N-dealkylation sites (tertiary alicyclic amines) is 1. The molecule has 184 valence electrons. The van der Waals surface area contributed by atoms with Crippen LogP contribution < -0.4 is 10.6 Å². The Labute approximate surface area is 200 Å². The van der Waals surface area contributed by atoms with Crippen LogP contribution in [0.4, 0.5) is 5.69 Å². The summed E-state index contributed by atoms with van der Waals surface area (Å²) >= 11 is 0. The largest absolute Gasteiger partial charge is 0.394 e. The van der Waals surface area contributed by atoms with E-state index in [0.717, 1.165) is 25.7 Å². The molecule has 1 aromatic carbocycles. The Morgan fingerprint density at radius 3 is 2.53 bits per heavy atom. The number of nitrogens with zero attached hydrogens (tertiary/aromatic N) is 1. The molecular weight excluding hydrogens is 434 g/mol. The average Bonchev–Trinajstić information content (AvgIpc) is 3.40. The monoisotopic (exact) mass is 469 g/mol. The number of aliphatic hydroxyl groups is 1. The highest BCUT2D eigenvalue weighted by molar-refractivity contribution is 6.02. The predicted molar refractivity (Wildman–Crippen MR) is 126 cm³/mol. The number of nitrogens with one attached hydrogen (secondary N) is 2. The highest BCUT2D eigenvalue weighted by Crippen LogP contribution is 2.63. The summed E-state index contributed by atoms with van der Waals surface area (Å²) in [7, 11) is 0. The number of aliphatic hydroxyl groups excluding tert-OH is 1. The van der Waals surface area contributed by atoms with Gasteiger partial charge in [0.25, 0.3) is 0 Å². The molecule has 3 heterocycles. The van der Waals surface area contributed by atoms with E-state index in [1.165, 1.54) is 11.3 Å². The van der Waals surface area contributed by atoms with Crippen LogP contribution in [0.15, 0.2) is 30.3 Å². The number of para-hydroxylation sites is 1. The summed E-state index contributed by atoms with van der Waals surface area (Å²) in [5.74, 6) is -2.24. The van der Waals surface area contributed by atoms with Gasteiger partial charge in [0, 0.05) is 11.7 Å². The van der Waals surface area contributed by atoms with E-state index < -0.39 is 35.1 Å². The highest BCUT2D eigenvalue weighted by Gasteiger charge is 2.78. The lowest BCUT2D eigenvalue weighted by molar-refractivity contribution is -0.148. The van der Waals surface area contributed by atoms with Gasteiger partial charge in [0.2, 0.25) is 17.7 Å². The summed E-state index contributed by atoms with van der Waals surface area (Å²) in [6.45, 7) is 3.36. The zero-order valence-corrected chi connectivity index (χ0v) is 20.0. The molecule has 3 N–H and O–H groups in total. The van der Waals surface area contributed by atoms with Crippen molar-refractivity contribution in [3.05, 3.63) is 30.3 Å². The van der Waals surface area contributed by atoms with Gasteiger partial charge in [0.15, 0.2) is 0 Å². The fourth-order valence-corrected chi connectivity index (χ4v) is 6.89. The van der Waals surface area contributed by atoms with E-state index in [4.69, 9.17) is 4.74 Å². The Morgan fingerprint density at radius 2 is 1.85 bits per heavy atom. The Hall–Kier alpha value is -2.45. The summed E-state index contributed by atoms with van der Waals surface area (Å²) in [5.41, 5.74) is -1.23. The molecule has 3 saturated heterocycles. The SMILES string of the molecule is C[C@H](CO)N1C(=O)[C@@H]2[C@H](C(=O)Nc3ccccc3)[C@]3(C)CCC2(O3)C1C(=O)NC1CCCCC1. The molecule has 3 amide bonds. The van der Waals surface area contributed by atoms with E-state index in [1.54, 1.807) is 19.1 Å². The Balaban J connectivity index is 1.48. The number of hydrogen-bond donors (Lipinski definition) is 3. The molecule has 0 radical (unpaired) electrons. The minimum atomic E-state index is -1.06. The van der Waals surface area contributed by atoms with Crippen LogP contribution in [-0.4, -0.2) is 63.7 Å². The molecule has 4 aliphatic rings. The molecule has 2 unspecified atom stereocenters. The quantitative estimate of drug-likeness (QED) is 0.592. The smallest absolute Gasteiger partial charge is 0.246 e. The molecule has 34 heavy (non-hydrogen) atoms. The van der Waals surface area contributed by atoms with Crippen LogP contribution in [0.5, 0.6) is 0 Å². The average molecular weight is 470 g/mol. The third kappa shape index (κ3) is 3.53. The topological polar surface area (TPSA) is 108 Å². The first-order valence-corrected chi connectivity index (χ1v) is 12.6. The highest BCUT2D eigenvalue weighted by atomic mass is 16.5. The number of anilines is 1. The Morgan fingerprint density at radius 1 is 1.15 bits per heavy atom. The predicted octanol–water partition coefficient (Wildman–Crippen LogP) is 2.22. The van der Waals surface area contributed by atoms with Gasteiger partial charge < -0.3 is 25.4 Å². The molecule has 4 fully saturated rings. The van der Waals surface area contributed by atoms with Gasteiger partial charge in [-0.2, -0.15) is 0 Å². The molecule has 1 saturated carbocycles. The normalized spacial score (nSPS) is 35.8. The number of carbonyl (C=O) groups excluding carboxylic acids is 3. The van der Waals surface area contributed by atoms with Crippen molar-refractivity contribution in [1.82, 2.24) is 10.2 Å². The van der Waals surface area contributed by atoms with Crippen molar-refractivity contribution < 1.29 is 24.2 Å². The van der Waals surface area contributed by atoms with Gasteiger partial charge in [0.05, 0.1) is 30.1 Å². The molecule has 2 bridgehead atoms. The third-order valence-electron chi connectivity index (χ3n) is 8.48. The van der Waals surface area contributed by atoms with Gasteiger partial charge in [-0.05, 0) is 51.7 Å². The molecule has 3 aliphatic heterocycles. The molecule has 1 spiro atoms. The second-order valence-electron chi connectivity index (χ2n) is 10.7. The molecule has 8 heteroatoms. The number of benzene rings is 1. The van der Waals surface area contributed by atoms with Gasteiger partial charge in [-0.3, -0.25) is 14.4 Å². The maximum atomic E-state index is 13.9. The van der Waals surface area contributed by atoms with E-state index >= 15 is 0 Å². The minimum absolute atomic E-state index is 0.0875. The van der Waals surface area contributed by atoms with Gasteiger partial charge in [-0.15, -0.1) is 0 Å². The standard InChI is InChI=1S/C26H35N3O5/c1-16(15-30)29-21(23(32)28-18-11-7-4-8-12-18)26-14-13-25(2,34-26)19(20(26)24(29)33)22(31)27-17-9-5-3-6-10-17/h3,5-6,9-10,16,18-21,30H,4,7-8,11-15H2,1-2H3,(H,27,31)(H,28,32)/t16-,19-,20+,21?,25+,26?/m1/s1. The van der Waals surface area contributed by atoms with Gasteiger partial charge in [0.1, 0.15) is 11.6 Å². The van der Waals surface area contributed by atoms with Crippen molar-refractivity contribution >= 4 is 23.4 Å². The fourth-order valence-electron chi connectivity index (χ4n) is 6.89. The number of fused-ring (bicyclic) bond motifs is 1. The summed E-state index contributed by atoms with van der Waals surface area (Å²) in [5, 5.41) is 16.1. The van der Waals surface area contributed by atoms with Crippen molar-refractivity contribution in [3.8, 4) is 0 Å². The second-order valence-corrected chi connectivity index (χ2v) is 10.7. The molecule has 6 atom stereocenters. The first-order valence-electron chi connectivity index (χ1n) is 12.6. The second kappa shape index (κ2) is 8.64. The molecule has 0 aromatic heterocycles. The van der Waals surface area contributed by atoms with Crippen LogP contribution in [-0.2, 0) is 19.1 Å². The van der Waals surface area contributed by atoms with E-state index in [9.17, 15) is 19.5 Å². The Bertz CT molecular complexity index is 964. The Kier molecular flexibility index (Phi) is 5.92. The van der Waals surface area contributed by atoms with E-state index in [1.807, 2.05) is 25.1 Å². The van der Waals surface area contributed by atoms with Crippen molar-refractivity contribution in [2.45, 2.75) is 88.1 Å². The lowest BCUT2D eigenvalue weighted by atomic mass is 9.66. The number of ether oxygens (including phenoxy) is 1. The van der Waals surface area contributed by atoms with Crippen LogP contribution in [0.1, 0.15) is 58.8 Å². The number of amides is 3. The minimum Gasteiger partial charge on any atom is -0.394 e. The maximum Gasteiger partial charge on any atom is 0.246 e. The number of hydrogen-bond acceptors (Lipinski definition) is 5. The summed E-state index contributed by atoms with van der Waals surface area (Å²) in [4.78, 5) is 42.6. The molecule has 1 aromatic rings. The lowest BCUT2D eigenvalue weighted by Gasteiger charge is -2.37. The maximum absolute atomic E-state index is 13.9. The van der Waals surface area contributed by atoms with Crippen molar-refractivity contribution in [2.75, 3.05) is 11.9 Å². The zero-order valence-electron chi connectivity index (χ0n) is 20.0.